The minimum atomic E-state index is -0.477. The van der Waals surface area contributed by atoms with E-state index in [0.29, 0.717) is 16.2 Å². The van der Waals surface area contributed by atoms with Gasteiger partial charge in [0.25, 0.3) is 0 Å². The first-order valence-corrected chi connectivity index (χ1v) is 13.4. The Kier molecular flexibility index (Phi) is 8.23. The smallest absolute Gasteiger partial charge is 0.236 e. The summed E-state index contributed by atoms with van der Waals surface area (Å²) in [5.41, 5.74) is 1.87. The number of nitrogens with zero attached hydrogens (tertiary/aromatic N) is 4. The predicted octanol–water partition coefficient (Wildman–Crippen LogP) is 5.68. The number of aliphatic imine (C=N–C) groups is 1. The lowest BCUT2D eigenvalue weighted by Gasteiger charge is -2.33. The van der Waals surface area contributed by atoms with Crippen molar-refractivity contribution in [2.75, 3.05) is 30.8 Å². The Morgan fingerprint density at radius 3 is 2.54 bits per heavy atom. The fraction of sp³-hybridized carbons (Fsp3) is 0.462. The second kappa shape index (κ2) is 11.4. The molecule has 1 aromatic heterocycles. The maximum Gasteiger partial charge on any atom is 0.236 e. The van der Waals surface area contributed by atoms with Crippen LogP contribution >= 0.6 is 22.9 Å². The molecule has 1 saturated heterocycles. The average Bonchev–Trinajstić information content (AvgIpc) is 3.57. The van der Waals surface area contributed by atoms with Crippen molar-refractivity contribution < 1.29 is 4.79 Å². The fourth-order valence-electron chi connectivity index (χ4n) is 4.25. The van der Waals surface area contributed by atoms with Gasteiger partial charge in [0, 0.05) is 31.2 Å². The molecular formula is C26H33ClN6OS. The number of carbonyl (C=O) groups excluding carboxylic acids is 1. The van der Waals surface area contributed by atoms with Crippen LogP contribution in [0.15, 0.2) is 53.1 Å². The van der Waals surface area contributed by atoms with Crippen LogP contribution in [0.1, 0.15) is 51.5 Å². The number of amides is 1. The number of benzene rings is 1. The van der Waals surface area contributed by atoms with Crippen molar-refractivity contribution in [1.82, 2.24) is 15.1 Å². The van der Waals surface area contributed by atoms with E-state index in [4.69, 9.17) is 11.6 Å². The van der Waals surface area contributed by atoms with E-state index >= 15 is 0 Å². The van der Waals surface area contributed by atoms with Crippen LogP contribution in [0.5, 0.6) is 0 Å². The van der Waals surface area contributed by atoms with Crippen LogP contribution in [0.2, 0.25) is 5.02 Å². The SMILES string of the molecule is CC/C(C)=C/C=C\C(=NC)N1CCC(Nc2nnc(NC(=O)C3(c4ccc(Cl)cc4)CC3)s2)CC1. The number of allylic oxidation sites excluding steroid dienone is 3. The summed E-state index contributed by atoms with van der Waals surface area (Å²) in [4.78, 5) is 19.8. The van der Waals surface area contributed by atoms with Gasteiger partial charge in [-0.2, -0.15) is 0 Å². The molecular weight excluding hydrogens is 480 g/mol. The van der Waals surface area contributed by atoms with Crippen LogP contribution in [-0.2, 0) is 10.2 Å². The van der Waals surface area contributed by atoms with Gasteiger partial charge in [-0.05, 0) is 62.8 Å². The molecule has 2 N–H and O–H groups in total. The molecule has 1 aromatic carbocycles. The second-order valence-corrected chi connectivity index (χ2v) is 10.6. The molecule has 4 rings (SSSR count). The van der Waals surface area contributed by atoms with E-state index in [0.717, 1.165) is 61.7 Å². The summed E-state index contributed by atoms with van der Waals surface area (Å²) in [5, 5.41) is 16.8. The van der Waals surface area contributed by atoms with Gasteiger partial charge in [0.2, 0.25) is 16.2 Å². The molecule has 7 nitrogen and oxygen atoms in total. The van der Waals surface area contributed by atoms with Crippen LogP contribution in [-0.4, -0.2) is 53.0 Å². The minimum Gasteiger partial charge on any atom is -0.357 e. The van der Waals surface area contributed by atoms with E-state index in [1.807, 2.05) is 31.3 Å². The van der Waals surface area contributed by atoms with Crippen molar-refractivity contribution in [2.24, 2.45) is 4.99 Å². The Morgan fingerprint density at radius 2 is 1.91 bits per heavy atom. The molecule has 0 spiro atoms. The molecule has 1 amide bonds. The highest BCUT2D eigenvalue weighted by Gasteiger charge is 2.51. The Labute approximate surface area is 216 Å². The van der Waals surface area contributed by atoms with E-state index in [1.54, 1.807) is 0 Å². The van der Waals surface area contributed by atoms with Gasteiger partial charge in [0.1, 0.15) is 5.84 Å². The Bertz CT molecular complexity index is 1110. The lowest BCUT2D eigenvalue weighted by Crippen LogP contribution is -2.41. The Hall–Kier alpha value is -2.71. The van der Waals surface area contributed by atoms with Gasteiger partial charge in [-0.1, -0.05) is 59.7 Å². The van der Waals surface area contributed by atoms with Gasteiger partial charge in [-0.15, -0.1) is 10.2 Å². The second-order valence-electron chi connectivity index (χ2n) is 9.17. The summed E-state index contributed by atoms with van der Waals surface area (Å²) in [6.07, 6.45) is 11.0. The Morgan fingerprint density at radius 1 is 1.23 bits per heavy atom. The van der Waals surface area contributed by atoms with Gasteiger partial charge in [0.15, 0.2) is 0 Å². The zero-order valence-electron chi connectivity index (χ0n) is 20.6. The van der Waals surface area contributed by atoms with Crippen LogP contribution in [0.25, 0.3) is 0 Å². The molecule has 1 saturated carbocycles. The van der Waals surface area contributed by atoms with Gasteiger partial charge in [-0.3, -0.25) is 15.1 Å². The third kappa shape index (κ3) is 6.30. The zero-order valence-corrected chi connectivity index (χ0v) is 22.1. The monoisotopic (exact) mass is 512 g/mol. The summed E-state index contributed by atoms with van der Waals surface area (Å²) < 4.78 is 0. The number of rotatable bonds is 8. The Balaban J connectivity index is 1.28. The van der Waals surface area contributed by atoms with Crippen LogP contribution in [0.4, 0.5) is 10.3 Å². The highest BCUT2D eigenvalue weighted by atomic mass is 35.5. The molecule has 2 heterocycles. The molecule has 1 aliphatic carbocycles. The number of hydrogen-bond acceptors (Lipinski definition) is 6. The number of amidine groups is 1. The first-order valence-electron chi connectivity index (χ1n) is 12.2. The first-order chi connectivity index (χ1) is 16.9. The molecule has 2 fully saturated rings. The number of anilines is 2. The zero-order chi connectivity index (χ0) is 24.8. The molecule has 186 valence electrons. The molecule has 0 atom stereocenters. The van der Waals surface area contributed by atoms with Crippen molar-refractivity contribution in [3.8, 4) is 0 Å². The highest BCUT2D eigenvalue weighted by molar-refractivity contribution is 7.19. The van der Waals surface area contributed by atoms with Crippen molar-refractivity contribution in [2.45, 2.75) is 57.4 Å². The lowest BCUT2D eigenvalue weighted by atomic mass is 9.95. The van der Waals surface area contributed by atoms with E-state index in [2.05, 4.69) is 62.8 Å². The molecule has 2 aliphatic rings. The van der Waals surface area contributed by atoms with Gasteiger partial charge >= 0.3 is 0 Å². The number of likely N-dealkylation sites (tertiary alicyclic amines) is 1. The highest BCUT2D eigenvalue weighted by Crippen LogP contribution is 2.49. The normalized spacial score (nSPS) is 18.7. The van der Waals surface area contributed by atoms with Crippen molar-refractivity contribution in [1.29, 1.82) is 0 Å². The van der Waals surface area contributed by atoms with Crippen molar-refractivity contribution >= 4 is 44.9 Å². The summed E-state index contributed by atoms with van der Waals surface area (Å²) >= 11 is 7.39. The fourth-order valence-corrected chi connectivity index (χ4v) is 5.10. The molecule has 0 bridgehead atoms. The topological polar surface area (TPSA) is 82.5 Å². The van der Waals surface area contributed by atoms with Gasteiger partial charge in [-0.25, -0.2) is 0 Å². The summed E-state index contributed by atoms with van der Waals surface area (Å²) in [5.74, 6) is 0.985. The quantitative estimate of drug-likeness (QED) is 0.270. The number of aromatic nitrogens is 2. The van der Waals surface area contributed by atoms with Gasteiger partial charge in [0.05, 0.1) is 5.41 Å². The summed E-state index contributed by atoms with van der Waals surface area (Å²) in [6, 6.07) is 7.84. The van der Waals surface area contributed by atoms with Crippen molar-refractivity contribution in [3.05, 3.63) is 58.7 Å². The number of nitrogens with one attached hydrogen (secondary N) is 2. The first kappa shape index (κ1) is 25.4. The van der Waals surface area contributed by atoms with E-state index in [-0.39, 0.29) is 5.91 Å². The predicted molar refractivity (Wildman–Crippen MR) is 146 cm³/mol. The van der Waals surface area contributed by atoms with E-state index in [9.17, 15) is 4.79 Å². The van der Waals surface area contributed by atoms with Gasteiger partial charge < -0.3 is 10.2 Å². The number of piperidine rings is 1. The van der Waals surface area contributed by atoms with E-state index < -0.39 is 5.41 Å². The molecule has 2 aromatic rings. The number of hydrogen-bond donors (Lipinski definition) is 2. The summed E-state index contributed by atoms with van der Waals surface area (Å²) in [6.45, 7) is 6.15. The van der Waals surface area contributed by atoms with Crippen LogP contribution in [0, 0.1) is 0 Å². The van der Waals surface area contributed by atoms with Crippen molar-refractivity contribution in [3.63, 3.8) is 0 Å². The molecule has 9 heteroatoms. The number of halogens is 1. The summed E-state index contributed by atoms with van der Waals surface area (Å²) in [7, 11) is 1.84. The third-order valence-electron chi connectivity index (χ3n) is 6.79. The largest absolute Gasteiger partial charge is 0.357 e. The molecule has 35 heavy (non-hydrogen) atoms. The lowest BCUT2D eigenvalue weighted by molar-refractivity contribution is -0.118. The maximum absolute atomic E-state index is 13.0. The molecule has 0 radical (unpaired) electrons. The van der Waals surface area contributed by atoms with E-state index in [1.165, 1.54) is 16.9 Å². The molecule has 1 aliphatic heterocycles. The maximum atomic E-state index is 13.0. The minimum absolute atomic E-state index is 0.0285. The van der Waals surface area contributed by atoms with Crippen LogP contribution in [0.3, 0.4) is 0 Å². The third-order valence-corrected chi connectivity index (χ3v) is 7.81. The average molecular weight is 513 g/mol. The standard InChI is InChI=1S/C26H33ClN6OS/c1-4-18(2)6-5-7-22(28-3)33-16-12-21(13-17-33)29-24-31-32-25(35-24)30-23(34)26(14-15-26)19-8-10-20(27)11-9-19/h5-11,21H,4,12-17H2,1-3H3,(H,29,31)(H,30,32,34)/b7-5-,18-6+,28-22?. The number of carbonyl (C=O) groups is 1. The van der Waals surface area contributed by atoms with Crippen LogP contribution < -0.4 is 10.6 Å². The molecule has 0 unspecified atom stereocenters.